The molecule has 0 aliphatic carbocycles. The van der Waals surface area contributed by atoms with Crippen LogP contribution < -0.4 is 0 Å². The summed E-state index contributed by atoms with van der Waals surface area (Å²) in [4.78, 5) is 38.3. The summed E-state index contributed by atoms with van der Waals surface area (Å²) in [5.74, 6) is -0.882. The minimum absolute atomic E-state index is 0.220. The van der Waals surface area contributed by atoms with Crippen LogP contribution in [0.2, 0.25) is 0 Å². The molecule has 2 amide bonds. The van der Waals surface area contributed by atoms with E-state index in [1.54, 1.807) is 0 Å². The summed E-state index contributed by atoms with van der Waals surface area (Å²) in [7, 11) is 0. The van der Waals surface area contributed by atoms with Gasteiger partial charge in [0.05, 0.1) is 6.42 Å². The van der Waals surface area contributed by atoms with Crippen molar-refractivity contribution < 1.29 is 14.4 Å². The van der Waals surface area contributed by atoms with E-state index < -0.39 is 5.91 Å². The van der Waals surface area contributed by atoms with Gasteiger partial charge in [-0.25, -0.2) is 0 Å². The summed E-state index contributed by atoms with van der Waals surface area (Å²) in [5.41, 5.74) is 1.17. The van der Waals surface area contributed by atoms with Crippen LogP contribution in [-0.4, -0.2) is 22.5 Å². The second-order valence-electron chi connectivity index (χ2n) is 7.03. The second kappa shape index (κ2) is 8.76. The van der Waals surface area contributed by atoms with Crippen LogP contribution >= 0.6 is 0 Å². The van der Waals surface area contributed by atoms with E-state index in [4.69, 9.17) is 0 Å². The maximum atomic E-state index is 12.5. The maximum absolute atomic E-state index is 12.5. The van der Waals surface area contributed by atoms with Crippen molar-refractivity contribution in [1.29, 1.82) is 0 Å². The van der Waals surface area contributed by atoms with E-state index in [9.17, 15) is 14.4 Å². The minimum atomic E-state index is -0.428. The van der Waals surface area contributed by atoms with Gasteiger partial charge in [-0.1, -0.05) is 69.0 Å². The van der Waals surface area contributed by atoms with Crippen molar-refractivity contribution in [3.8, 4) is 0 Å². The molecule has 0 fully saturated rings. The van der Waals surface area contributed by atoms with Crippen LogP contribution in [0, 0.1) is 0 Å². The first-order valence-corrected chi connectivity index (χ1v) is 9.69. The molecule has 1 aliphatic rings. The van der Waals surface area contributed by atoms with Gasteiger partial charge >= 0.3 is 0 Å². The summed E-state index contributed by atoms with van der Waals surface area (Å²) in [5, 5.41) is 2.11. The third kappa shape index (κ3) is 4.51. The molecular weight excluding hydrogens is 338 g/mol. The molecule has 0 bridgehead atoms. The summed E-state index contributed by atoms with van der Waals surface area (Å²) >= 11 is 0. The van der Waals surface area contributed by atoms with Gasteiger partial charge in [-0.3, -0.25) is 19.3 Å². The summed E-state index contributed by atoms with van der Waals surface area (Å²) in [6.45, 7) is 2.15. The van der Waals surface area contributed by atoms with E-state index in [0.717, 1.165) is 53.3 Å². The van der Waals surface area contributed by atoms with Gasteiger partial charge in [-0.15, -0.1) is 0 Å². The molecule has 0 radical (unpaired) electrons. The number of carbonyl (C=O) groups is 3. The molecule has 0 N–H and O–H groups in total. The number of unbranched alkanes of at least 4 members (excludes halogenated alkanes) is 4. The lowest BCUT2D eigenvalue weighted by Crippen LogP contribution is -2.37. The molecule has 0 atom stereocenters. The van der Waals surface area contributed by atoms with Gasteiger partial charge < -0.3 is 0 Å². The molecule has 3 rings (SSSR count). The maximum Gasteiger partial charge on any atom is 0.241 e. The number of benzene rings is 2. The second-order valence-corrected chi connectivity index (χ2v) is 7.03. The Labute approximate surface area is 159 Å². The molecule has 0 spiro atoms. The van der Waals surface area contributed by atoms with Crippen molar-refractivity contribution >= 4 is 33.9 Å². The van der Waals surface area contributed by atoms with Crippen LogP contribution in [0.5, 0.6) is 0 Å². The van der Waals surface area contributed by atoms with Crippen molar-refractivity contribution in [2.45, 2.75) is 51.9 Å². The van der Waals surface area contributed by atoms with Crippen molar-refractivity contribution in [1.82, 2.24) is 4.90 Å². The number of imide groups is 1. The largest absolute Gasteiger partial charge is 0.294 e. The number of carbonyl (C=O) groups excluding carboxylic acids is 3. The number of fused-ring (bicyclic) bond motifs is 1. The molecular formula is C23H25NO3. The van der Waals surface area contributed by atoms with Gasteiger partial charge in [0.25, 0.3) is 0 Å². The lowest BCUT2D eigenvalue weighted by molar-refractivity contribution is -0.142. The molecule has 4 heteroatoms. The average Bonchev–Trinajstić information content (AvgIpc) is 2.67. The van der Waals surface area contributed by atoms with Gasteiger partial charge in [0.15, 0.2) is 5.78 Å². The van der Waals surface area contributed by atoms with Crippen LogP contribution in [0.25, 0.3) is 16.3 Å². The molecule has 1 aliphatic heterocycles. The summed E-state index contributed by atoms with van der Waals surface area (Å²) in [6.07, 6.45) is 6.71. The van der Waals surface area contributed by atoms with E-state index in [-0.39, 0.29) is 18.1 Å². The van der Waals surface area contributed by atoms with E-state index in [0.29, 0.717) is 12.0 Å². The number of ketones is 1. The zero-order valence-corrected chi connectivity index (χ0v) is 15.7. The van der Waals surface area contributed by atoms with E-state index in [2.05, 4.69) is 6.92 Å². The molecule has 0 aromatic heterocycles. The van der Waals surface area contributed by atoms with Crippen molar-refractivity contribution in [2.75, 3.05) is 0 Å². The summed E-state index contributed by atoms with van der Waals surface area (Å²) in [6, 6.07) is 13.7. The zero-order valence-electron chi connectivity index (χ0n) is 15.7. The Morgan fingerprint density at radius 1 is 0.963 bits per heavy atom. The molecule has 1 heterocycles. The lowest BCUT2D eigenvalue weighted by atomic mass is 9.95. The van der Waals surface area contributed by atoms with Gasteiger partial charge in [0.2, 0.25) is 11.8 Å². The minimum Gasteiger partial charge on any atom is -0.294 e. The molecule has 140 valence electrons. The number of allylic oxidation sites excluding steroid dienone is 1. The number of hydrogen-bond donors (Lipinski definition) is 0. The van der Waals surface area contributed by atoms with Crippen LogP contribution in [0.4, 0.5) is 0 Å². The van der Waals surface area contributed by atoms with Gasteiger partial charge in [0.1, 0.15) is 0 Å². The van der Waals surface area contributed by atoms with Gasteiger partial charge in [0, 0.05) is 18.2 Å². The smallest absolute Gasteiger partial charge is 0.241 e. The number of Topliss-reactive ketones (excluding diaryl/α,β-unsaturated/α-hetero) is 1. The number of amides is 2. The summed E-state index contributed by atoms with van der Waals surface area (Å²) < 4.78 is 0. The Bertz CT molecular complexity index is 897. The number of nitrogens with zero attached hydrogens (tertiary/aromatic N) is 1. The van der Waals surface area contributed by atoms with E-state index in [1.165, 1.54) is 6.20 Å². The highest BCUT2D eigenvalue weighted by atomic mass is 16.2. The Kier molecular flexibility index (Phi) is 6.17. The fourth-order valence-corrected chi connectivity index (χ4v) is 3.39. The van der Waals surface area contributed by atoms with Crippen LogP contribution in [0.3, 0.4) is 0 Å². The first-order valence-electron chi connectivity index (χ1n) is 9.69. The van der Waals surface area contributed by atoms with Gasteiger partial charge in [-0.2, -0.15) is 0 Å². The Balaban J connectivity index is 1.78. The van der Waals surface area contributed by atoms with E-state index in [1.807, 2.05) is 42.5 Å². The van der Waals surface area contributed by atoms with E-state index >= 15 is 0 Å². The molecule has 0 saturated carbocycles. The normalized spacial score (nSPS) is 14.6. The molecule has 4 nitrogen and oxygen atoms in total. The van der Waals surface area contributed by atoms with Crippen molar-refractivity contribution in [3.63, 3.8) is 0 Å². The molecule has 27 heavy (non-hydrogen) atoms. The SMILES string of the molecule is CCCCCCCC(=O)N1C=C(c2ccc3ccccc3c2)C(=O)CC1=O. The zero-order chi connectivity index (χ0) is 19.2. The molecule has 2 aromatic carbocycles. The highest BCUT2D eigenvalue weighted by Crippen LogP contribution is 2.26. The molecule has 2 aromatic rings. The van der Waals surface area contributed by atoms with Crippen LogP contribution in [-0.2, 0) is 14.4 Å². The van der Waals surface area contributed by atoms with Crippen LogP contribution in [0.15, 0.2) is 48.7 Å². The average molecular weight is 363 g/mol. The predicted octanol–water partition coefficient (Wildman–Crippen LogP) is 4.87. The third-order valence-electron chi connectivity index (χ3n) is 4.96. The Morgan fingerprint density at radius 2 is 1.70 bits per heavy atom. The molecule has 0 unspecified atom stereocenters. The number of hydrogen-bond acceptors (Lipinski definition) is 3. The first kappa shape index (κ1) is 19.0. The molecule has 0 saturated heterocycles. The third-order valence-corrected chi connectivity index (χ3v) is 4.96. The first-order chi connectivity index (χ1) is 13.1. The fourth-order valence-electron chi connectivity index (χ4n) is 3.39. The topological polar surface area (TPSA) is 54.5 Å². The quantitative estimate of drug-likeness (QED) is 0.521. The highest BCUT2D eigenvalue weighted by Gasteiger charge is 2.30. The monoisotopic (exact) mass is 363 g/mol. The van der Waals surface area contributed by atoms with Crippen molar-refractivity contribution in [2.24, 2.45) is 0 Å². The lowest BCUT2D eigenvalue weighted by Gasteiger charge is -2.23. The standard InChI is InChI=1S/C23H25NO3/c1-2-3-4-5-6-11-22(26)24-16-20(21(25)15-23(24)27)19-13-12-17-9-7-8-10-18(17)14-19/h7-10,12-14,16H,2-6,11,15H2,1H3. The van der Waals surface area contributed by atoms with Crippen LogP contribution in [0.1, 0.15) is 57.4 Å². The van der Waals surface area contributed by atoms with Gasteiger partial charge in [-0.05, 0) is 28.8 Å². The Hall–Kier alpha value is -2.75. The fraction of sp³-hybridized carbons (Fsp3) is 0.348. The number of rotatable bonds is 7. The predicted molar refractivity (Wildman–Crippen MR) is 107 cm³/mol. The van der Waals surface area contributed by atoms with Crippen molar-refractivity contribution in [3.05, 3.63) is 54.2 Å². The Morgan fingerprint density at radius 3 is 2.48 bits per heavy atom. The highest BCUT2D eigenvalue weighted by molar-refractivity contribution is 6.29.